The molecule has 0 spiro atoms. The Balaban J connectivity index is 2.03. The van der Waals surface area contributed by atoms with E-state index in [1.54, 1.807) is 0 Å². The molecule has 1 saturated carbocycles. The normalized spacial score (nSPS) is 33.8. The number of carbonyl (C=O) groups is 2. The van der Waals surface area contributed by atoms with Gasteiger partial charge in [0.05, 0.1) is 12.2 Å². The van der Waals surface area contributed by atoms with Gasteiger partial charge in [0, 0.05) is 11.8 Å². The Hall–Kier alpha value is -1.47. The van der Waals surface area contributed by atoms with Gasteiger partial charge in [-0.2, -0.15) is 12.6 Å². The van der Waals surface area contributed by atoms with Crippen LogP contribution in [0.15, 0.2) is 24.3 Å². The molecule has 1 N–H and O–H groups in total. The Morgan fingerprint density at radius 1 is 1.38 bits per heavy atom. The molecule has 0 bridgehead atoms. The maximum atomic E-state index is 11.8. The number of aliphatic hydroxyl groups excluding tert-OH is 1. The van der Waals surface area contributed by atoms with Crippen LogP contribution in [0.1, 0.15) is 39.0 Å². The summed E-state index contributed by atoms with van der Waals surface area (Å²) >= 11 is 3.98. The Bertz CT molecular complexity index is 532. The van der Waals surface area contributed by atoms with Crippen molar-refractivity contribution in [3.05, 3.63) is 24.3 Å². The van der Waals surface area contributed by atoms with Crippen LogP contribution in [-0.2, 0) is 19.0 Å². The highest BCUT2D eigenvalue weighted by molar-refractivity contribution is 7.80. The number of esters is 1. The molecule has 26 heavy (non-hydrogen) atoms. The van der Waals surface area contributed by atoms with Gasteiger partial charge in [-0.1, -0.05) is 12.2 Å². The number of carbonyl (C=O) groups excluding carboxylic acids is 2. The molecule has 0 amide bonds. The molecule has 6 nitrogen and oxygen atoms in total. The topological polar surface area (TPSA) is 82.1 Å². The third kappa shape index (κ3) is 6.68. The lowest BCUT2D eigenvalue weighted by atomic mass is 9.90. The molecular formula is C19H28O6S. The molecule has 2 rings (SSSR count). The average molecular weight is 384 g/mol. The quantitative estimate of drug-likeness (QED) is 0.442. The first kappa shape index (κ1) is 20.8. The van der Waals surface area contributed by atoms with E-state index < -0.39 is 18.2 Å². The van der Waals surface area contributed by atoms with Gasteiger partial charge >= 0.3 is 12.1 Å². The van der Waals surface area contributed by atoms with Gasteiger partial charge in [0.1, 0.15) is 12.7 Å². The first-order chi connectivity index (χ1) is 12.5. The first-order valence-corrected chi connectivity index (χ1v) is 9.80. The van der Waals surface area contributed by atoms with E-state index >= 15 is 0 Å². The molecule has 0 saturated heterocycles. The van der Waals surface area contributed by atoms with Crippen LogP contribution in [0.25, 0.3) is 0 Å². The maximum Gasteiger partial charge on any atom is 0.508 e. The van der Waals surface area contributed by atoms with E-state index in [2.05, 4.69) is 24.8 Å². The summed E-state index contributed by atoms with van der Waals surface area (Å²) in [4.78, 5) is 23.5. The van der Waals surface area contributed by atoms with Crippen molar-refractivity contribution < 1.29 is 28.9 Å². The van der Waals surface area contributed by atoms with Crippen molar-refractivity contribution in [2.45, 2.75) is 57.3 Å². The number of hydrogen-bond acceptors (Lipinski definition) is 7. The monoisotopic (exact) mass is 384 g/mol. The summed E-state index contributed by atoms with van der Waals surface area (Å²) in [7, 11) is 0. The van der Waals surface area contributed by atoms with Crippen molar-refractivity contribution in [1.82, 2.24) is 0 Å². The second-order valence-electron chi connectivity index (χ2n) is 6.82. The summed E-state index contributed by atoms with van der Waals surface area (Å²) in [5, 5.41) is 10.5. The zero-order valence-electron chi connectivity index (χ0n) is 15.1. The first-order valence-electron chi connectivity index (χ1n) is 9.17. The minimum atomic E-state index is -0.810. The van der Waals surface area contributed by atoms with Crippen molar-refractivity contribution in [3.63, 3.8) is 0 Å². The lowest BCUT2D eigenvalue weighted by Gasteiger charge is -2.19. The van der Waals surface area contributed by atoms with E-state index in [0.29, 0.717) is 18.6 Å². The van der Waals surface area contributed by atoms with Crippen molar-refractivity contribution >= 4 is 24.8 Å². The molecular weight excluding hydrogens is 356 g/mol. The highest BCUT2D eigenvalue weighted by Gasteiger charge is 2.38. The Labute approximate surface area is 160 Å². The summed E-state index contributed by atoms with van der Waals surface area (Å²) in [5.74, 6) is -0.0597. The molecule has 0 aromatic rings. The van der Waals surface area contributed by atoms with E-state index in [4.69, 9.17) is 14.2 Å². The Morgan fingerprint density at radius 3 is 2.96 bits per heavy atom. The summed E-state index contributed by atoms with van der Waals surface area (Å²) in [6.45, 7) is 2.07. The summed E-state index contributed by atoms with van der Waals surface area (Å²) < 4.78 is 15.5. The highest BCUT2D eigenvalue weighted by atomic mass is 32.1. The van der Waals surface area contributed by atoms with Crippen LogP contribution < -0.4 is 0 Å². The van der Waals surface area contributed by atoms with Gasteiger partial charge in [-0.25, -0.2) is 9.59 Å². The van der Waals surface area contributed by atoms with Gasteiger partial charge in [0.25, 0.3) is 0 Å². The van der Waals surface area contributed by atoms with Crippen molar-refractivity contribution in [3.8, 4) is 0 Å². The number of thiol groups is 1. The molecule has 0 aromatic heterocycles. The fourth-order valence-corrected chi connectivity index (χ4v) is 3.56. The number of fused-ring (bicyclic) bond motifs is 1. The van der Waals surface area contributed by atoms with Crippen LogP contribution in [0, 0.1) is 11.8 Å². The van der Waals surface area contributed by atoms with E-state index in [9.17, 15) is 14.7 Å². The van der Waals surface area contributed by atoms with Gasteiger partial charge in [-0.15, -0.1) is 0 Å². The zero-order valence-corrected chi connectivity index (χ0v) is 16.0. The van der Waals surface area contributed by atoms with Crippen LogP contribution in [0.3, 0.4) is 0 Å². The molecule has 1 heterocycles. The van der Waals surface area contributed by atoms with E-state index in [-0.39, 0.29) is 30.7 Å². The van der Waals surface area contributed by atoms with Gasteiger partial charge in [-0.05, 0) is 56.9 Å². The number of allylic oxidation sites excluding steroid dienone is 2. The smallest absolute Gasteiger partial charge is 0.460 e. The van der Waals surface area contributed by atoms with E-state index in [1.807, 2.05) is 6.92 Å². The minimum Gasteiger partial charge on any atom is -0.460 e. The average Bonchev–Trinajstić information content (AvgIpc) is 2.99. The Morgan fingerprint density at radius 2 is 2.19 bits per heavy atom. The van der Waals surface area contributed by atoms with Gasteiger partial charge < -0.3 is 19.3 Å². The number of ether oxygens (including phenoxy) is 3. The fraction of sp³-hybridized carbons (Fsp3) is 0.684. The third-order valence-corrected chi connectivity index (χ3v) is 4.93. The number of rotatable bonds is 3. The Kier molecular flexibility index (Phi) is 8.51. The SMILES string of the molecule is C[C@H]1CCC/C=C/[C@@H]2C[C@H](OC(=O)OCCS)C[C@H]2[C@H](O)C=CC(=O)O1. The second kappa shape index (κ2) is 10.6. The predicted octanol–water partition coefficient (Wildman–Crippen LogP) is 3.05. The molecule has 7 heteroatoms. The van der Waals surface area contributed by atoms with E-state index in [1.165, 1.54) is 12.2 Å². The molecule has 0 radical (unpaired) electrons. The fourth-order valence-electron chi connectivity index (χ4n) is 3.47. The standard InChI is InChI=1S/C19H28O6S/c1-13-5-3-2-4-6-14-11-15(25-19(22)23-9-10-26)12-16(14)17(20)7-8-18(21)24-13/h4,6-8,13-17,20,26H,2-3,5,9-12H2,1H3/b6-4+,8-7?/t13-,14+,15-,16+,17+/m0/s1. The highest BCUT2D eigenvalue weighted by Crippen LogP contribution is 2.38. The van der Waals surface area contributed by atoms with E-state index in [0.717, 1.165) is 19.3 Å². The van der Waals surface area contributed by atoms with Crippen LogP contribution in [-0.4, -0.2) is 47.9 Å². The van der Waals surface area contributed by atoms with Crippen molar-refractivity contribution in [2.24, 2.45) is 11.8 Å². The van der Waals surface area contributed by atoms with Crippen LogP contribution >= 0.6 is 12.6 Å². The molecule has 1 aliphatic heterocycles. The molecule has 1 fully saturated rings. The minimum absolute atomic E-state index is 0.0755. The molecule has 2 aliphatic rings. The molecule has 0 aromatic carbocycles. The molecule has 5 atom stereocenters. The van der Waals surface area contributed by atoms with Gasteiger partial charge in [-0.3, -0.25) is 0 Å². The molecule has 146 valence electrons. The predicted molar refractivity (Wildman–Crippen MR) is 100.0 cm³/mol. The second-order valence-corrected chi connectivity index (χ2v) is 7.26. The number of hydrogen-bond donors (Lipinski definition) is 2. The number of aliphatic hydroxyl groups is 1. The maximum absolute atomic E-state index is 11.8. The summed E-state index contributed by atoms with van der Waals surface area (Å²) in [6, 6.07) is 0. The van der Waals surface area contributed by atoms with Crippen LogP contribution in [0.5, 0.6) is 0 Å². The molecule has 1 aliphatic carbocycles. The lowest BCUT2D eigenvalue weighted by Crippen LogP contribution is -2.22. The third-order valence-electron chi connectivity index (χ3n) is 4.74. The summed E-state index contributed by atoms with van der Waals surface area (Å²) in [6.07, 6.45) is 8.72. The number of cyclic esters (lactones) is 1. The van der Waals surface area contributed by atoms with Crippen LogP contribution in [0.2, 0.25) is 0 Å². The van der Waals surface area contributed by atoms with Gasteiger partial charge in [0.15, 0.2) is 0 Å². The van der Waals surface area contributed by atoms with Gasteiger partial charge in [0.2, 0.25) is 0 Å². The van der Waals surface area contributed by atoms with Crippen molar-refractivity contribution in [2.75, 3.05) is 12.4 Å². The van der Waals surface area contributed by atoms with Crippen molar-refractivity contribution in [1.29, 1.82) is 0 Å². The zero-order chi connectivity index (χ0) is 18.9. The van der Waals surface area contributed by atoms with Crippen LogP contribution in [0.4, 0.5) is 4.79 Å². The molecule has 0 unspecified atom stereocenters. The largest absolute Gasteiger partial charge is 0.508 e. The lowest BCUT2D eigenvalue weighted by molar-refractivity contribution is -0.142. The summed E-state index contributed by atoms with van der Waals surface area (Å²) in [5.41, 5.74) is 0.